The number of carbonyl (C=O) groups is 1. The molecule has 6 heteroatoms. The zero-order chi connectivity index (χ0) is 17.8. The molecule has 5 nitrogen and oxygen atoms in total. The lowest BCUT2D eigenvalue weighted by Gasteiger charge is -2.13. The largest absolute Gasteiger partial charge is 0.496 e. The van der Waals surface area contributed by atoms with Gasteiger partial charge >= 0.3 is 6.03 Å². The summed E-state index contributed by atoms with van der Waals surface area (Å²) in [7, 11) is 1.48. The minimum atomic E-state index is -0.387. The van der Waals surface area contributed by atoms with Crippen LogP contribution >= 0.6 is 0 Å². The standard InChI is InChI=1S/C19H18FN3O2/c1-3-21-19(24)23-17-10-12-6-4-5-7-14(12)18(22-17)15-9-8-13(20)11-16(15)25-2/h4-11H,3H2,1-2H3,(H2,21,22,23,24). The number of hydrogen-bond acceptors (Lipinski definition) is 3. The van der Waals surface area contributed by atoms with E-state index in [0.717, 1.165) is 10.8 Å². The van der Waals surface area contributed by atoms with Gasteiger partial charge < -0.3 is 10.1 Å². The number of methoxy groups -OCH3 is 1. The van der Waals surface area contributed by atoms with Crippen LogP contribution in [0.1, 0.15) is 6.92 Å². The van der Waals surface area contributed by atoms with Crippen molar-refractivity contribution < 1.29 is 13.9 Å². The van der Waals surface area contributed by atoms with E-state index in [4.69, 9.17) is 4.74 Å². The second-order valence-corrected chi connectivity index (χ2v) is 5.41. The van der Waals surface area contributed by atoms with E-state index in [1.165, 1.54) is 19.2 Å². The van der Waals surface area contributed by atoms with Gasteiger partial charge in [-0.3, -0.25) is 5.32 Å². The Kier molecular flexibility index (Phi) is 4.79. The highest BCUT2D eigenvalue weighted by molar-refractivity contribution is 5.99. The van der Waals surface area contributed by atoms with Gasteiger partial charge in [0.2, 0.25) is 0 Å². The first-order chi connectivity index (χ1) is 12.1. The van der Waals surface area contributed by atoms with E-state index in [-0.39, 0.29) is 11.8 Å². The normalized spacial score (nSPS) is 10.5. The summed E-state index contributed by atoms with van der Waals surface area (Å²) in [6.45, 7) is 2.35. The SMILES string of the molecule is CCNC(=O)Nc1cc2ccccc2c(-c2ccc(F)cc2OC)n1. The Morgan fingerprint density at radius 3 is 2.76 bits per heavy atom. The molecule has 128 valence electrons. The second kappa shape index (κ2) is 7.17. The summed E-state index contributed by atoms with van der Waals surface area (Å²) in [5.74, 6) is 0.403. The van der Waals surface area contributed by atoms with Crippen molar-refractivity contribution in [2.24, 2.45) is 0 Å². The Bertz CT molecular complexity index is 928. The van der Waals surface area contributed by atoms with Crippen LogP contribution in [0.5, 0.6) is 5.75 Å². The number of hydrogen-bond donors (Lipinski definition) is 2. The molecule has 0 unspecified atom stereocenters. The number of amides is 2. The van der Waals surface area contributed by atoms with Gasteiger partial charge in [-0.2, -0.15) is 0 Å². The minimum Gasteiger partial charge on any atom is -0.496 e. The van der Waals surface area contributed by atoms with Gasteiger partial charge in [0.25, 0.3) is 0 Å². The van der Waals surface area contributed by atoms with Crippen molar-refractivity contribution in [2.75, 3.05) is 19.0 Å². The average Bonchev–Trinajstić information content (AvgIpc) is 2.61. The van der Waals surface area contributed by atoms with Crippen LogP contribution in [0.3, 0.4) is 0 Å². The van der Waals surface area contributed by atoms with E-state index < -0.39 is 0 Å². The highest BCUT2D eigenvalue weighted by atomic mass is 19.1. The van der Waals surface area contributed by atoms with Crippen LogP contribution in [0.15, 0.2) is 48.5 Å². The van der Waals surface area contributed by atoms with E-state index in [1.807, 2.05) is 31.2 Å². The average molecular weight is 339 g/mol. The fourth-order valence-electron chi connectivity index (χ4n) is 2.65. The van der Waals surface area contributed by atoms with Crippen LogP contribution in [-0.4, -0.2) is 24.7 Å². The summed E-state index contributed by atoms with van der Waals surface area (Å²) in [5, 5.41) is 7.18. The molecule has 0 aliphatic rings. The van der Waals surface area contributed by atoms with Crippen LogP contribution < -0.4 is 15.4 Å². The van der Waals surface area contributed by atoms with E-state index in [2.05, 4.69) is 15.6 Å². The Morgan fingerprint density at radius 1 is 1.20 bits per heavy atom. The lowest BCUT2D eigenvalue weighted by molar-refractivity contribution is 0.252. The lowest BCUT2D eigenvalue weighted by atomic mass is 10.0. The number of carbonyl (C=O) groups excluding carboxylic acids is 1. The molecule has 0 atom stereocenters. The zero-order valence-corrected chi connectivity index (χ0v) is 14.0. The van der Waals surface area contributed by atoms with Gasteiger partial charge in [-0.1, -0.05) is 24.3 Å². The van der Waals surface area contributed by atoms with Crippen molar-refractivity contribution >= 4 is 22.6 Å². The number of aromatic nitrogens is 1. The van der Waals surface area contributed by atoms with Crippen molar-refractivity contribution in [1.29, 1.82) is 0 Å². The number of rotatable bonds is 4. The van der Waals surface area contributed by atoms with Gasteiger partial charge in [-0.25, -0.2) is 14.2 Å². The highest BCUT2D eigenvalue weighted by Gasteiger charge is 2.14. The first-order valence-electron chi connectivity index (χ1n) is 7.91. The van der Waals surface area contributed by atoms with E-state index >= 15 is 0 Å². The Morgan fingerprint density at radius 2 is 2.00 bits per heavy atom. The number of nitrogens with zero attached hydrogens (tertiary/aromatic N) is 1. The van der Waals surface area contributed by atoms with Gasteiger partial charge in [0.1, 0.15) is 17.4 Å². The second-order valence-electron chi connectivity index (χ2n) is 5.41. The van der Waals surface area contributed by atoms with Gasteiger partial charge in [-0.15, -0.1) is 0 Å². The maximum Gasteiger partial charge on any atom is 0.320 e. The smallest absolute Gasteiger partial charge is 0.320 e. The number of halogens is 1. The van der Waals surface area contributed by atoms with Crippen LogP contribution in [-0.2, 0) is 0 Å². The molecule has 0 radical (unpaired) electrons. The van der Waals surface area contributed by atoms with Crippen molar-refractivity contribution in [3.05, 3.63) is 54.3 Å². The molecule has 0 fully saturated rings. The Labute approximate surface area is 144 Å². The quantitative estimate of drug-likeness (QED) is 0.749. The lowest BCUT2D eigenvalue weighted by Crippen LogP contribution is -2.28. The minimum absolute atomic E-state index is 0.331. The summed E-state index contributed by atoms with van der Waals surface area (Å²) < 4.78 is 18.8. The van der Waals surface area contributed by atoms with Crippen molar-refractivity contribution in [3.63, 3.8) is 0 Å². The van der Waals surface area contributed by atoms with Crippen LogP contribution in [0.4, 0.5) is 15.0 Å². The number of pyridine rings is 1. The molecule has 0 aliphatic carbocycles. The Hall–Kier alpha value is -3.15. The van der Waals surface area contributed by atoms with Gasteiger partial charge in [0.05, 0.1) is 12.8 Å². The number of benzene rings is 2. The van der Waals surface area contributed by atoms with Crippen LogP contribution in [0.25, 0.3) is 22.0 Å². The summed E-state index contributed by atoms with van der Waals surface area (Å²) in [5.41, 5.74) is 1.27. The molecule has 2 N–H and O–H groups in total. The Balaban J connectivity index is 2.17. The predicted molar refractivity (Wildman–Crippen MR) is 96.4 cm³/mol. The monoisotopic (exact) mass is 339 g/mol. The molecule has 2 amide bonds. The summed E-state index contributed by atoms with van der Waals surface area (Å²) >= 11 is 0. The maximum atomic E-state index is 13.5. The molecule has 0 saturated carbocycles. The first kappa shape index (κ1) is 16.7. The molecule has 0 aliphatic heterocycles. The van der Waals surface area contributed by atoms with E-state index in [0.29, 0.717) is 29.4 Å². The number of anilines is 1. The number of urea groups is 1. The third kappa shape index (κ3) is 3.52. The van der Waals surface area contributed by atoms with Gasteiger partial charge in [0, 0.05) is 23.6 Å². The molecular weight excluding hydrogens is 321 g/mol. The van der Waals surface area contributed by atoms with E-state index in [9.17, 15) is 9.18 Å². The molecule has 0 saturated heterocycles. The molecule has 2 aromatic carbocycles. The molecule has 1 heterocycles. The molecular formula is C19H18FN3O2. The molecule has 0 bridgehead atoms. The topological polar surface area (TPSA) is 63.2 Å². The van der Waals surface area contributed by atoms with Crippen molar-refractivity contribution in [1.82, 2.24) is 10.3 Å². The molecule has 1 aromatic heterocycles. The molecule has 25 heavy (non-hydrogen) atoms. The van der Waals surface area contributed by atoms with E-state index in [1.54, 1.807) is 12.1 Å². The predicted octanol–water partition coefficient (Wildman–Crippen LogP) is 4.19. The van der Waals surface area contributed by atoms with Gasteiger partial charge in [0.15, 0.2) is 0 Å². The first-order valence-corrected chi connectivity index (χ1v) is 7.91. The number of nitrogens with one attached hydrogen (secondary N) is 2. The fraction of sp³-hybridized carbons (Fsp3) is 0.158. The molecule has 3 rings (SSSR count). The zero-order valence-electron chi connectivity index (χ0n) is 14.0. The van der Waals surface area contributed by atoms with Crippen LogP contribution in [0, 0.1) is 5.82 Å². The number of ether oxygens (including phenoxy) is 1. The summed E-state index contributed by atoms with van der Waals surface area (Å²) in [4.78, 5) is 16.4. The van der Waals surface area contributed by atoms with Crippen LogP contribution in [0.2, 0.25) is 0 Å². The summed E-state index contributed by atoms with van der Waals surface area (Å²) in [6.07, 6.45) is 0. The third-order valence-electron chi connectivity index (χ3n) is 3.74. The fourth-order valence-corrected chi connectivity index (χ4v) is 2.65. The third-order valence-corrected chi connectivity index (χ3v) is 3.74. The molecule has 3 aromatic rings. The number of fused-ring (bicyclic) bond motifs is 1. The molecule has 0 spiro atoms. The summed E-state index contributed by atoms with van der Waals surface area (Å²) in [6, 6.07) is 13.4. The highest BCUT2D eigenvalue weighted by Crippen LogP contribution is 2.35. The van der Waals surface area contributed by atoms with Crippen molar-refractivity contribution in [3.8, 4) is 17.0 Å². The van der Waals surface area contributed by atoms with Crippen molar-refractivity contribution in [2.45, 2.75) is 6.92 Å². The van der Waals surface area contributed by atoms with Gasteiger partial charge in [-0.05, 0) is 30.5 Å². The maximum absolute atomic E-state index is 13.5.